The Morgan fingerprint density at radius 1 is 1.16 bits per heavy atom. The van der Waals surface area contributed by atoms with Crippen LogP contribution < -0.4 is 26.4 Å². The summed E-state index contributed by atoms with van der Waals surface area (Å²) in [7, 11) is 3.26. The second-order valence-electron chi connectivity index (χ2n) is 10.2. The van der Waals surface area contributed by atoms with E-state index in [9.17, 15) is 13.6 Å². The van der Waals surface area contributed by atoms with Gasteiger partial charge >= 0.3 is 6.61 Å². The minimum atomic E-state index is -3.07. The van der Waals surface area contributed by atoms with Gasteiger partial charge in [0.15, 0.2) is 0 Å². The number of aromatic nitrogens is 2. The van der Waals surface area contributed by atoms with E-state index in [1.165, 1.54) is 18.2 Å². The Kier molecular flexibility index (Phi) is 11.6. The minimum Gasteiger partial charge on any atom is -0.434 e. The molecule has 4 rings (SSSR count). The zero-order valence-electron chi connectivity index (χ0n) is 24.8. The quantitative estimate of drug-likeness (QED) is 0.115. The van der Waals surface area contributed by atoms with Gasteiger partial charge in [0, 0.05) is 56.2 Å². The first-order valence-corrected chi connectivity index (χ1v) is 14.6. The summed E-state index contributed by atoms with van der Waals surface area (Å²) in [6.45, 7) is 4.29. The van der Waals surface area contributed by atoms with E-state index in [0.29, 0.717) is 24.1 Å². The molecule has 236 valence electrons. The average molecular weight is 630 g/mol. The highest BCUT2D eigenvalue weighted by Crippen LogP contribution is 2.38. The molecule has 1 saturated heterocycles. The standard InChI is InChI=1S/C31H38ClF2N7O3/c1-20(35)27(29(36-2)37-3)30(42)38-25-18-41(39-28(25)24-17-22(32)9-10-26(24)44-31(33)34)23-11-13-40(14-12-23)15-16-43-19-21-7-5-4-6-8-21/h4-10,17-18,23,31,36-37H,1,11-16,19,35H2,2-3H3,(H,38,42). The van der Waals surface area contributed by atoms with Crippen LogP contribution in [0.5, 0.6) is 5.75 Å². The molecule has 1 amide bonds. The molecule has 13 heteroatoms. The highest BCUT2D eigenvalue weighted by Gasteiger charge is 2.27. The van der Waals surface area contributed by atoms with Crippen LogP contribution in [0.2, 0.25) is 5.02 Å². The number of halogens is 3. The molecule has 0 aliphatic carbocycles. The van der Waals surface area contributed by atoms with Crippen molar-refractivity contribution in [3.8, 4) is 17.0 Å². The molecule has 10 nitrogen and oxygen atoms in total. The number of hydrogen-bond acceptors (Lipinski definition) is 8. The molecule has 0 radical (unpaired) electrons. The van der Waals surface area contributed by atoms with Crippen molar-refractivity contribution >= 4 is 23.2 Å². The minimum absolute atomic E-state index is 0.00389. The molecular formula is C31H38ClF2N7O3. The second-order valence-corrected chi connectivity index (χ2v) is 10.7. The van der Waals surface area contributed by atoms with Crippen molar-refractivity contribution in [2.75, 3.05) is 45.7 Å². The maximum atomic E-state index is 13.4. The van der Waals surface area contributed by atoms with Gasteiger partial charge in [0.05, 0.1) is 24.9 Å². The SMILES string of the molecule is C=C(N)C(C(=O)Nc1cn(C2CCN(CCOCc3ccccc3)CC2)nc1-c1cc(Cl)ccc1OC(F)F)=C(NC)NC. The highest BCUT2D eigenvalue weighted by atomic mass is 35.5. The molecule has 1 aliphatic rings. The van der Waals surface area contributed by atoms with Gasteiger partial charge in [-0.2, -0.15) is 13.9 Å². The number of alkyl halides is 2. The maximum Gasteiger partial charge on any atom is 0.387 e. The van der Waals surface area contributed by atoms with Gasteiger partial charge in [-0.25, -0.2) is 0 Å². The Hall–Kier alpha value is -4.13. The number of benzene rings is 2. The van der Waals surface area contributed by atoms with E-state index in [4.69, 9.17) is 31.9 Å². The van der Waals surface area contributed by atoms with E-state index in [-0.39, 0.29) is 40.0 Å². The van der Waals surface area contributed by atoms with Crippen molar-refractivity contribution in [1.29, 1.82) is 0 Å². The van der Waals surface area contributed by atoms with Gasteiger partial charge < -0.3 is 36.1 Å². The van der Waals surface area contributed by atoms with Crippen molar-refractivity contribution in [3.63, 3.8) is 0 Å². The summed E-state index contributed by atoms with van der Waals surface area (Å²) >= 11 is 6.26. The highest BCUT2D eigenvalue weighted by molar-refractivity contribution is 6.31. The molecule has 0 atom stereocenters. The monoisotopic (exact) mass is 629 g/mol. The summed E-state index contributed by atoms with van der Waals surface area (Å²) < 4.78 is 39.0. The van der Waals surface area contributed by atoms with Crippen LogP contribution in [0.1, 0.15) is 24.4 Å². The van der Waals surface area contributed by atoms with Crippen LogP contribution in [0.4, 0.5) is 14.5 Å². The topological polar surface area (TPSA) is 119 Å². The molecule has 1 fully saturated rings. The molecule has 44 heavy (non-hydrogen) atoms. The molecule has 0 spiro atoms. The number of piperidine rings is 1. The van der Waals surface area contributed by atoms with Crippen molar-refractivity contribution in [3.05, 3.63) is 89.0 Å². The molecule has 3 aromatic rings. The first kappa shape index (κ1) is 32.8. The largest absolute Gasteiger partial charge is 0.434 e. The van der Waals surface area contributed by atoms with Crippen LogP contribution in [0.3, 0.4) is 0 Å². The van der Waals surface area contributed by atoms with Gasteiger partial charge in [0.1, 0.15) is 22.8 Å². The van der Waals surface area contributed by atoms with Gasteiger partial charge in [-0.15, -0.1) is 0 Å². The molecule has 1 aliphatic heterocycles. The number of anilines is 1. The molecular weight excluding hydrogens is 592 g/mol. The molecule has 1 aromatic heterocycles. The van der Waals surface area contributed by atoms with Crippen molar-refractivity contribution in [2.24, 2.45) is 5.73 Å². The third kappa shape index (κ3) is 8.49. The maximum absolute atomic E-state index is 13.4. The number of carbonyl (C=O) groups excluding carboxylic acids is 1. The van der Waals surface area contributed by atoms with E-state index in [2.05, 4.69) is 27.4 Å². The predicted octanol–water partition coefficient (Wildman–Crippen LogP) is 4.72. The summed E-state index contributed by atoms with van der Waals surface area (Å²) in [6, 6.07) is 14.3. The number of nitrogens with one attached hydrogen (secondary N) is 3. The van der Waals surface area contributed by atoms with Crippen LogP contribution in [0.15, 0.2) is 78.4 Å². The first-order chi connectivity index (χ1) is 21.2. The van der Waals surface area contributed by atoms with E-state index >= 15 is 0 Å². The number of hydrogen-bond donors (Lipinski definition) is 4. The van der Waals surface area contributed by atoms with Crippen LogP contribution in [0.25, 0.3) is 11.3 Å². The summed E-state index contributed by atoms with van der Waals surface area (Å²) in [5.74, 6) is -0.338. The summed E-state index contributed by atoms with van der Waals surface area (Å²) in [5.41, 5.74) is 7.92. The van der Waals surface area contributed by atoms with Crippen LogP contribution in [-0.2, 0) is 16.1 Å². The summed E-state index contributed by atoms with van der Waals surface area (Å²) in [5, 5.41) is 13.7. The number of rotatable bonds is 14. The fraction of sp³-hybridized carbons (Fsp3) is 0.355. The molecule has 5 N–H and O–H groups in total. The lowest BCUT2D eigenvalue weighted by molar-refractivity contribution is -0.112. The molecule has 0 bridgehead atoms. The van der Waals surface area contributed by atoms with E-state index in [1.807, 2.05) is 30.3 Å². The molecule has 0 saturated carbocycles. The number of carbonyl (C=O) groups is 1. The van der Waals surface area contributed by atoms with E-state index < -0.39 is 12.5 Å². The van der Waals surface area contributed by atoms with Gasteiger partial charge in [-0.05, 0) is 36.6 Å². The Bertz CT molecular complexity index is 1450. The van der Waals surface area contributed by atoms with E-state index in [0.717, 1.165) is 38.0 Å². The van der Waals surface area contributed by atoms with E-state index in [1.54, 1.807) is 25.0 Å². The lowest BCUT2D eigenvalue weighted by atomic mass is 10.1. The number of nitrogens with zero attached hydrogens (tertiary/aromatic N) is 3. The Morgan fingerprint density at radius 3 is 2.50 bits per heavy atom. The molecule has 0 unspecified atom stereocenters. The van der Waals surface area contributed by atoms with Gasteiger partial charge in [0.2, 0.25) is 0 Å². The fourth-order valence-electron chi connectivity index (χ4n) is 5.10. The van der Waals surface area contributed by atoms with Crippen LogP contribution in [-0.4, -0.2) is 67.5 Å². The zero-order valence-corrected chi connectivity index (χ0v) is 25.5. The number of ether oxygens (including phenoxy) is 2. The first-order valence-electron chi connectivity index (χ1n) is 14.2. The Morgan fingerprint density at radius 2 is 1.86 bits per heavy atom. The van der Waals surface area contributed by atoms with Crippen LogP contribution >= 0.6 is 11.6 Å². The van der Waals surface area contributed by atoms with Crippen LogP contribution in [0, 0.1) is 0 Å². The fourth-order valence-corrected chi connectivity index (χ4v) is 5.27. The van der Waals surface area contributed by atoms with Crippen molar-refractivity contribution in [1.82, 2.24) is 25.3 Å². The molecule has 2 aromatic carbocycles. The average Bonchev–Trinajstić information content (AvgIpc) is 3.42. The van der Waals surface area contributed by atoms with Gasteiger partial charge in [-0.3, -0.25) is 9.48 Å². The van der Waals surface area contributed by atoms with Gasteiger partial charge in [0.25, 0.3) is 5.91 Å². The number of nitrogens with two attached hydrogens (primary N) is 1. The Labute approximate surface area is 260 Å². The zero-order chi connectivity index (χ0) is 31.6. The normalized spacial score (nSPS) is 13.9. The third-order valence-electron chi connectivity index (χ3n) is 7.29. The van der Waals surface area contributed by atoms with Crippen molar-refractivity contribution in [2.45, 2.75) is 32.1 Å². The summed E-state index contributed by atoms with van der Waals surface area (Å²) in [4.78, 5) is 15.8. The lowest BCUT2D eigenvalue weighted by Crippen LogP contribution is -2.36. The Balaban J connectivity index is 1.54. The summed E-state index contributed by atoms with van der Waals surface area (Å²) in [6.07, 6.45) is 3.27. The van der Waals surface area contributed by atoms with Gasteiger partial charge in [-0.1, -0.05) is 48.5 Å². The second kappa shape index (κ2) is 15.6. The predicted molar refractivity (Wildman–Crippen MR) is 167 cm³/mol. The number of likely N-dealkylation sites (tertiary alicyclic amines) is 1. The number of amides is 1. The van der Waals surface area contributed by atoms with Crippen molar-refractivity contribution < 1.29 is 23.0 Å². The molecule has 2 heterocycles. The lowest BCUT2D eigenvalue weighted by Gasteiger charge is -2.31. The third-order valence-corrected chi connectivity index (χ3v) is 7.52. The smallest absolute Gasteiger partial charge is 0.387 e.